The van der Waals surface area contributed by atoms with Crippen LogP contribution in [0, 0.1) is 11.8 Å². The number of ether oxygens (including phenoxy) is 1. The van der Waals surface area contributed by atoms with E-state index in [1.807, 2.05) is 0 Å². The maximum Gasteiger partial charge on any atom is 0.150 e. The van der Waals surface area contributed by atoms with E-state index in [-0.39, 0.29) is 11.2 Å². The zero-order valence-corrected chi connectivity index (χ0v) is 13.0. The van der Waals surface area contributed by atoms with Gasteiger partial charge in [0.25, 0.3) is 0 Å². The third-order valence-electron chi connectivity index (χ3n) is 4.20. The molecular weight excluding hydrogens is 240 g/mol. The highest BCUT2D eigenvalue weighted by molar-refractivity contribution is 4.90. The van der Waals surface area contributed by atoms with Gasteiger partial charge in [-0.05, 0) is 37.5 Å². The zero-order valence-electron chi connectivity index (χ0n) is 13.0. The Bertz CT molecular complexity index is 276. The quantitative estimate of drug-likeness (QED) is 0.515. The van der Waals surface area contributed by atoms with Gasteiger partial charge in [-0.1, -0.05) is 40.5 Å². The second-order valence-corrected chi connectivity index (χ2v) is 7.43. The molecule has 0 amide bonds. The summed E-state index contributed by atoms with van der Waals surface area (Å²) in [5.41, 5.74) is -0.214. The molecule has 2 fully saturated rings. The predicted molar refractivity (Wildman–Crippen MR) is 75.8 cm³/mol. The second kappa shape index (κ2) is 6.11. The van der Waals surface area contributed by atoms with Crippen LogP contribution in [0.25, 0.3) is 0 Å². The van der Waals surface area contributed by atoms with E-state index in [0.29, 0.717) is 25.0 Å². The summed E-state index contributed by atoms with van der Waals surface area (Å²) >= 11 is 0. The van der Waals surface area contributed by atoms with Crippen LogP contribution in [0.1, 0.15) is 66.2 Å². The molecule has 0 unspecified atom stereocenters. The van der Waals surface area contributed by atoms with Gasteiger partial charge >= 0.3 is 0 Å². The summed E-state index contributed by atoms with van der Waals surface area (Å²) < 4.78 is 5.36. The fraction of sp³-hybridized carbons (Fsp3) is 1.00. The Morgan fingerprint density at radius 1 is 0.842 bits per heavy atom. The van der Waals surface area contributed by atoms with Gasteiger partial charge in [-0.25, -0.2) is 9.78 Å². The Kier molecular flexibility index (Phi) is 4.91. The lowest BCUT2D eigenvalue weighted by Crippen LogP contribution is -2.54. The third kappa shape index (κ3) is 3.93. The molecule has 112 valence electrons. The first-order valence-electron chi connectivity index (χ1n) is 7.90. The van der Waals surface area contributed by atoms with Gasteiger partial charge in [0.2, 0.25) is 0 Å². The Hall–Kier alpha value is -0.120. The molecule has 0 radical (unpaired) electrons. The topological polar surface area (TPSA) is 27.7 Å². The van der Waals surface area contributed by atoms with Gasteiger partial charge in [-0.3, -0.25) is 0 Å². The van der Waals surface area contributed by atoms with Crippen molar-refractivity contribution in [2.45, 2.75) is 77.4 Å². The molecule has 1 saturated heterocycles. The van der Waals surface area contributed by atoms with Gasteiger partial charge in [0.1, 0.15) is 5.60 Å². The van der Waals surface area contributed by atoms with E-state index in [4.69, 9.17) is 14.5 Å². The van der Waals surface area contributed by atoms with Crippen LogP contribution in [0.4, 0.5) is 0 Å². The molecule has 0 aromatic carbocycles. The van der Waals surface area contributed by atoms with Crippen molar-refractivity contribution in [1.29, 1.82) is 0 Å². The van der Waals surface area contributed by atoms with E-state index >= 15 is 0 Å². The second-order valence-electron chi connectivity index (χ2n) is 7.43. The molecular formula is C16H30O3. The smallest absolute Gasteiger partial charge is 0.150 e. The fourth-order valence-electron chi connectivity index (χ4n) is 3.54. The van der Waals surface area contributed by atoms with Gasteiger partial charge in [-0.15, -0.1) is 0 Å². The summed E-state index contributed by atoms with van der Waals surface area (Å²) in [4.78, 5) is 12.0. The molecule has 0 aromatic heterocycles. The normalized spacial score (nSPS) is 24.9. The molecule has 1 aliphatic heterocycles. The van der Waals surface area contributed by atoms with Crippen LogP contribution < -0.4 is 0 Å². The lowest BCUT2D eigenvalue weighted by atomic mass is 9.90. The molecule has 2 aliphatic rings. The van der Waals surface area contributed by atoms with Crippen molar-refractivity contribution in [3.63, 3.8) is 0 Å². The van der Waals surface area contributed by atoms with E-state index in [2.05, 4.69) is 27.7 Å². The Morgan fingerprint density at radius 3 is 1.74 bits per heavy atom. The minimum Gasteiger partial charge on any atom is -0.375 e. The van der Waals surface area contributed by atoms with Crippen molar-refractivity contribution >= 4 is 0 Å². The molecule has 0 N–H and O–H groups in total. The summed E-state index contributed by atoms with van der Waals surface area (Å²) in [5.74, 6) is 1.26. The van der Waals surface area contributed by atoms with Gasteiger partial charge in [0, 0.05) is 0 Å². The summed E-state index contributed by atoms with van der Waals surface area (Å²) in [6, 6.07) is 0. The largest absolute Gasteiger partial charge is 0.375 e. The van der Waals surface area contributed by atoms with Crippen molar-refractivity contribution in [3.05, 3.63) is 0 Å². The Labute approximate surface area is 117 Å². The van der Waals surface area contributed by atoms with Crippen LogP contribution in [-0.2, 0) is 14.5 Å². The summed E-state index contributed by atoms with van der Waals surface area (Å²) in [5, 5.41) is 0. The van der Waals surface area contributed by atoms with Crippen molar-refractivity contribution in [2.75, 3.05) is 13.2 Å². The number of hydrogen-bond acceptors (Lipinski definition) is 3. The van der Waals surface area contributed by atoms with Crippen molar-refractivity contribution < 1.29 is 14.5 Å². The van der Waals surface area contributed by atoms with Gasteiger partial charge in [0.15, 0.2) is 5.60 Å². The first kappa shape index (κ1) is 15.3. The first-order valence-corrected chi connectivity index (χ1v) is 7.90. The Morgan fingerprint density at radius 2 is 1.32 bits per heavy atom. The van der Waals surface area contributed by atoms with Gasteiger partial charge in [-0.2, -0.15) is 0 Å². The lowest BCUT2D eigenvalue weighted by Gasteiger charge is -2.43. The number of rotatable bonds is 7. The van der Waals surface area contributed by atoms with Crippen molar-refractivity contribution in [3.8, 4) is 0 Å². The van der Waals surface area contributed by atoms with Crippen LogP contribution >= 0.6 is 0 Å². The maximum absolute atomic E-state index is 6.03. The van der Waals surface area contributed by atoms with Crippen LogP contribution in [-0.4, -0.2) is 24.4 Å². The van der Waals surface area contributed by atoms with Crippen LogP contribution in [0.2, 0.25) is 0 Å². The predicted octanol–water partition coefficient (Wildman–Crippen LogP) is 4.11. The number of hydrogen-bond donors (Lipinski definition) is 0. The first-order chi connectivity index (χ1) is 8.95. The molecule has 1 heterocycles. The molecule has 19 heavy (non-hydrogen) atoms. The third-order valence-corrected chi connectivity index (χ3v) is 4.20. The SMILES string of the molecule is CC(C)CC1(OOC2(CC(C)C)COC2)CCCC1. The van der Waals surface area contributed by atoms with Crippen LogP contribution in [0.5, 0.6) is 0 Å². The summed E-state index contributed by atoms with van der Waals surface area (Å²) in [6.07, 6.45) is 6.94. The maximum atomic E-state index is 6.03. The van der Waals surface area contributed by atoms with Crippen LogP contribution in [0.3, 0.4) is 0 Å². The molecule has 2 rings (SSSR count). The highest BCUT2D eigenvalue weighted by atomic mass is 17.2. The molecule has 3 nitrogen and oxygen atoms in total. The van der Waals surface area contributed by atoms with E-state index in [1.54, 1.807) is 0 Å². The van der Waals surface area contributed by atoms with Crippen molar-refractivity contribution in [1.82, 2.24) is 0 Å². The van der Waals surface area contributed by atoms with Crippen LogP contribution in [0.15, 0.2) is 0 Å². The molecule has 0 spiro atoms. The monoisotopic (exact) mass is 270 g/mol. The van der Waals surface area contributed by atoms with E-state index in [9.17, 15) is 0 Å². The summed E-state index contributed by atoms with van der Waals surface area (Å²) in [7, 11) is 0. The molecule has 1 aliphatic carbocycles. The Balaban J connectivity index is 1.90. The van der Waals surface area contributed by atoms with E-state index in [1.165, 1.54) is 12.8 Å². The van der Waals surface area contributed by atoms with Gasteiger partial charge in [0.05, 0.1) is 13.2 Å². The highest BCUT2D eigenvalue weighted by Crippen LogP contribution is 2.41. The molecule has 0 bridgehead atoms. The highest BCUT2D eigenvalue weighted by Gasteiger charge is 2.45. The van der Waals surface area contributed by atoms with Crippen molar-refractivity contribution in [2.24, 2.45) is 11.8 Å². The average molecular weight is 270 g/mol. The van der Waals surface area contributed by atoms with Gasteiger partial charge < -0.3 is 4.74 Å². The molecule has 0 aromatic rings. The minimum absolute atomic E-state index is 0.0340. The molecule has 3 heteroatoms. The molecule has 1 saturated carbocycles. The summed E-state index contributed by atoms with van der Waals surface area (Å²) in [6.45, 7) is 10.3. The standard InChI is InChI=1S/C16H30O3/c1-13(2)9-15(7-5-6-8-15)18-19-16(10-14(3)4)11-17-12-16/h13-14H,5-12H2,1-4H3. The average Bonchev–Trinajstić information content (AvgIpc) is 2.69. The minimum atomic E-state index is -0.180. The van der Waals surface area contributed by atoms with E-state index in [0.717, 1.165) is 25.7 Å². The van der Waals surface area contributed by atoms with E-state index < -0.39 is 0 Å². The fourth-order valence-corrected chi connectivity index (χ4v) is 3.54. The zero-order chi connectivity index (χ0) is 13.9. The lowest BCUT2D eigenvalue weighted by molar-refractivity contribution is -0.449. The molecule has 0 atom stereocenters.